The minimum Gasteiger partial charge on any atom is -0.306 e. The quantitative estimate of drug-likeness (QED) is 0.652. The van der Waals surface area contributed by atoms with Crippen LogP contribution in [0.5, 0.6) is 0 Å². The van der Waals surface area contributed by atoms with E-state index in [1.165, 1.54) is 22.5 Å². The molecule has 1 nitrogen and oxygen atoms in total. The number of thiophene rings is 1. The molecule has 2 aromatic rings. The van der Waals surface area contributed by atoms with Crippen molar-refractivity contribution in [3.8, 4) is 0 Å². The summed E-state index contributed by atoms with van der Waals surface area (Å²) in [5, 5.41) is 3.50. The first-order valence-electron chi connectivity index (χ1n) is 7.34. The Morgan fingerprint density at radius 3 is 2.19 bits per heavy atom. The summed E-state index contributed by atoms with van der Waals surface area (Å²) in [6.07, 6.45) is 1.15. The molecule has 0 spiro atoms. The molecule has 2 unspecified atom stereocenters. The maximum atomic E-state index is 6.32. The summed E-state index contributed by atoms with van der Waals surface area (Å²) in [6.45, 7) is 7.45. The fraction of sp³-hybridized carbons (Fsp3) is 0.412. The van der Waals surface area contributed by atoms with Crippen molar-refractivity contribution in [3.63, 3.8) is 0 Å². The molecular weight excluding hydrogens is 321 g/mol. The van der Waals surface area contributed by atoms with E-state index in [2.05, 4.69) is 50.4 Å². The lowest BCUT2D eigenvalue weighted by Gasteiger charge is -2.19. The zero-order valence-corrected chi connectivity index (χ0v) is 14.9. The first-order chi connectivity index (χ1) is 10.1. The van der Waals surface area contributed by atoms with E-state index in [9.17, 15) is 0 Å². The molecule has 0 saturated carbocycles. The second kappa shape index (κ2) is 7.64. The summed E-state index contributed by atoms with van der Waals surface area (Å²) in [5.74, 6) is 0.593. The lowest BCUT2D eigenvalue weighted by molar-refractivity contribution is 0.631. The van der Waals surface area contributed by atoms with E-state index in [-0.39, 0.29) is 6.04 Å². The molecule has 1 aromatic carbocycles. The Balaban J connectivity index is 2.32. The number of nitrogens with one attached hydrogen (secondary N) is 1. The Bertz CT molecular complexity index is 577. The summed E-state index contributed by atoms with van der Waals surface area (Å²) in [4.78, 5) is 0. The number of benzene rings is 1. The van der Waals surface area contributed by atoms with Crippen LogP contribution >= 0.6 is 34.5 Å². The lowest BCUT2D eigenvalue weighted by Crippen LogP contribution is -2.21. The predicted octanol–water partition coefficient (Wildman–Crippen LogP) is 6.27. The third kappa shape index (κ3) is 4.01. The van der Waals surface area contributed by atoms with Crippen LogP contribution in [0.3, 0.4) is 0 Å². The maximum Gasteiger partial charge on any atom is 0.0995 e. The molecule has 4 heteroatoms. The van der Waals surface area contributed by atoms with Gasteiger partial charge in [-0.15, -0.1) is 11.3 Å². The normalized spacial score (nSPS) is 14.1. The summed E-state index contributed by atoms with van der Waals surface area (Å²) in [5.41, 5.74) is 3.66. The van der Waals surface area contributed by atoms with Crippen LogP contribution in [0, 0.1) is 0 Å². The van der Waals surface area contributed by atoms with Gasteiger partial charge in [0.2, 0.25) is 0 Å². The van der Waals surface area contributed by atoms with Crippen molar-refractivity contribution in [1.29, 1.82) is 0 Å². The monoisotopic (exact) mass is 341 g/mol. The van der Waals surface area contributed by atoms with Crippen molar-refractivity contribution < 1.29 is 0 Å². The molecule has 114 valence electrons. The van der Waals surface area contributed by atoms with E-state index >= 15 is 0 Å². The van der Waals surface area contributed by atoms with Gasteiger partial charge in [-0.25, -0.2) is 0 Å². The summed E-state index contributed by atoms with van der Waals surface area (Å²) >= 11 is 13.8. The zero-order valence-electron chi connectivity index (χ0n) is 12.6. The Hall–Kier alpha value is -0.540. The van der Waals surface area contributed by atoms with Crippen molar-refractivity contribution in [2.75, 3.05) is 6.54 Å². The molecule has 0 fully saturated rings. The molecule has 0 aliphatic rings. The molecule has 1 N–H and O–H groups in total. The highest BCUT2D eigenvalue weighted by Crippen LogP contribution is 2.37. The summed E-state index contributed by atoms with van der Waals surface area (Å²) < 4.78 is 1.49. The van der Waals surface area contributed by atoms with Crippen molar-refractivity contribution in [2.24, 2.45) is 0 Å². The van der Waals surface area contributed by atoms with E-state index in [0.717, 1.165) is 27.2 Å². The SMILES string of the molecule is CCNC(c1ccc(C(C)CC)cc1)c1cc(Cl)sc1Cl. The van der Waals surface area contributed by atoms with E-state index in [1.807, 2.05) is 6.07 Å². The Kier molecular flexibility index (Phi) is 6.12. The number of rotatable bonds is 6. The van der Waals surface area contributed by atoms with Gasteiger partial charge in [0.15, 0.2) is 0 Å². The van der Waals surface area contributed by atoms with Crippen LogP contribution < -0.4 is 5.32 Å². The van der Waals surface area contributed by atoms with Crippen molar-refractivity contribution in [3.05, 3.63) is 55.7 Å². The van der Waals surface area contributed by atoms with Crippen LogP contribution in [0.15, 0.2) is 30.3 Å². The summed E-state index contributed by atoms with van der Waals surface area (Å²) in [6, 6.07) is 10.9. The minimum atomic E-state index is 0.0947. The maximum absolute atomic E-state index is 6.32. The first kappa shape index (κ1) is 16.8. The van der Waals surface area contributed by atoms with Crippen molar-refractivity contribution in [2.45, 2.75) is 39.2 Å². The number of hydrogen-bond donors (Lipinski definition) is 1. The highest BCUT2D eigenvalue weighted by molar-refractivity contribution is 7.20. The first-order valence-corrected chi connectivity index (χ1v) is 8.92. The molecule has 0 aliphatic heterocycles. The molecular formula is C17H21Cl2NS. The molecule has 21 heavy (non-hydrogen) atoms. The van der Waals surface area contributed by atoms with Gasteiger partial charge in [0.05, 0.1) is 14.7 Å². The number of hydrogen-bond acceptors (Lipinski definition) is 2. The highest BCUT2D eigenvalue weighted by atomic mass is 35.5. The van der Waals surface area contributed by atoms with Gasteiger partial charge >= 0.3 is 0 Å². The van der Waals surface area contributed by atoms with Gasteiger partial charge in [-0.05, 0) is 36.1 Å². The molecule has 2 atom stereocenters. The van der Waals surface area contributed by atoms with E-state index in [1.54, 1.807) is 0 Å². The third-order valence-electron chi connectivity index (χ3n) is 3.85. The van der Waals surface area contributed by atoms with Gasteiger partial charge in [-0.3, -0.25) is 0 Å². The van der Waals surface area contributed by atoms with Crippen LogP contribution in [0.25, 0.3) is 0 Å². The van der Waals surface area contributed by atoms with Crippen LogP contribution in [-0.4, -0.2) is 6.54 Å². The van der Waals surface area contributed by atoms with Crippen LogP contribution in [-0.2, 0) is 0 Å². The predicted molar refractivity (Wildman–Crippen MR) is 95.0 cm³/mol. The lowest BCUT2D eigenvalue weighted by atomic mass is 9.94. The molecule has 0 aliphatic carbocycles. The molecule has 1 heterocycles. The standard InChI is InChI=1S/C17H21Cl2NS/c1-4-11(3)12-6-8-13(9-7-12)16(20-5-2)14-10-15(18)21-17(14)19/h6-11,16,20H,4-5H2,1-3H3. The average molecular weight is 342 g/mol. The van der Waals surface area contributed by atoms with Gasteiger partial charge in [-0.2, -0.15) is 0 Å². The molecule has 0 radical (unpaired) electrons. The Morgan fingerprint density at radius 2 is 1.71 bits per heavy atom. The number of halogens is 2. The average Bonchev–Trinajstić information content (AvgIpc) is 2.82. The molecule has 2 rings (SSSR count). The van der Waals surface area contributed by atoms with Crippen LogP contribution in [0.1, 0.15) is 55.8 Å². The zero-order chi connectivity index (χ0) is 15.4. The van der Waals surface area contributed by atoms with Gasteiger partial charge in [0.1, 0.15) is 0 Å². The molecule has 1 aromatic heterocycles. The topological polar surface area (TPSA) is 12.0 Å². The largest absolute Gasteiger partial charge is 0.306 e. The van der Waals surface area contributed by atoms with E-state index in [0.29, 0.717) is 5.92 Å². The second-order valence-electron chi connectivity index (χ2n) is 5.25. The minimum absolute atomic E-state index is 0.0947. The van der Waals surface area contributed by atoms with Crippen molar-refractivity contribution in [1.82, 2.24) is 5.32 Å². The molecule has 0 saturated heterocycles. The van der Waals surface area contributed by atoms with Crippen molar-refractivity contribution >= 4 is 34.5 Å². The van der Waals surface area contributed by atoms with Gasteiger partial charge < -0.3 is 5.32 Å². The van der Waals surface area contributed by atoms with Gasteiger partial charge in [0.25, 0.3) is 0 Å². The third-order valence-corrected chi connectivity index (χ3v) is 5.37. The fourth-order valence-corrected chi connectivity index (χ4v) is 3.95. The second-order valence-corrected chi connectivity index (χ2v) is 7.53. The molecule has 0 amide bonds. The Labute approximate surface area is 141 Å². The Morgan fingerprint density at radius 1 is 1.10 bits per heavy atom. The smallest absolute Gasteiger partial charge is 0.0995 e. The van der Waals surface area contributed by atoms with Gasteiger partial charge in [0, 0.05) is 5.56 Å². The van der Waals surface area contributed by atoms with Gasteiger partial charge in [-0.1, -0.05) is 68.2 Å². The van der Waals surface area contributed by atoms with E-state index < -0.39 is 0 Å². The summed E-state index contributed by atoms with van der Waals surface area (Å²) in [7, 11) is 0. The highest BCUT2D eigenvalue weighted by Gasteiger charge is 2.19. The molecule has 0 bridgehead atoms. The van der Waals surface area contributed by atoms with Crippen LogP contribution in [0.4, 0.5) is 0 Å². The van der Waals surface area contributed by atoms with Crippen LogP contribution in [0.2, 0.25) is 8.67 Å². The fourth-order valence-electron chi connectivity index (χ4n) is 2.41. The van der Waals surface area contributed by atoms with E-state index in [4.69, 9.17) is 23.2 Å².